The first-order chi connectivity index (χ1) is 9.16. The highest BCUT2D eigenvalue weighted by atomic mass is 16.3. The van der Waals surface area contributed by atoms with E-state index in [-0.39, 0.29) is 11.9 Å². The van der Waals surface area contributed by atoms with E-state index in [0.29, 0.717) is 6.54 Å². The number of hydrogen-bond donors (Lipinski definition) is 1. The molecule has 1 aromatic heterocycles. The van der Waals surface area contributed by atoms with E-state index in [9.17, 15) is 4.79 Å². The Morgan fingerprint density at radius 3 is 2.58 bits per heavy atom. The topological polar surface area (TPSA) is 45.5 Å². The minimum absolute atomic E-state index is 0.0737. The first-order valence-corrected chi connectivity index (χ1v) is 7.24. The van der Waals surface area contributed by atoms with Crippen molar-refractivity contribution in [1.82, 2.24) is 10.2 Å². The van der Waals surface area contributed by atoms with Crippen LogP contribution >= 0.6 is 0 Å². The van der Waals surface area contributed by atoms with Crippen molar-refractivity contribution in [3.8, 4) is 0 Å². The molecular formula is C15H24N2O2. The van der Waals surface area contributed by atoms with Crippen LogP contribution in [0.25, 0.3) is 0 Å². The van der Waals surface area contributed by atoms with E-state index in [2.05, 4.69) is 5.32 Å². The summed E-state index contributed by atoms with van der Waals surface area (Å²) in [5, 5.41) is 3.24. The summed E-state index contributed by atoms with van der Waals surface area (Å²) in [5.41, 5.74) is 0. The van der Waals surface area contributed by atoms with E-state index in [1.165, 1.54) is 12.8 Å². The summed E-state index contributed by atoms with van der Waals surface area (Å²) >= 11 is 0. The number of furan rings is 1. The number of amides is 1. The van der Waals surface area contributed by atoms with Gasteiger partial charge in [-0.3, -0.25) is 10.1 Å². The van der Waals surface area contributed by atoms with Crippen LogP contribution in [0.2, 0.25) is 0 Å². The molecule has 1 aliphatic rings. The van der Waals surface area contributed by atoms with Gasteiger partial charge in [0.1, 0.15) is 11.5 Å². The van der Waals surface area contributed by atoms with Crippen LogP contribution < -0.4 is 5.32 Å². The Hall–Kier alpha value is -1.29. The van der Waals surface area contributed by atoms with Gasteiger partial charge in [-0.05, 0) is 38.8 Å². The molecule has 1 aliphatic heterocycles. The van der Waals surface area contributed by atoms with Gasteiger partial charge in [-0.25, -0.2) is 0 Å². The van der Waals surface area contributed by atoms with Crippen molar-refractivity contribution in [3.05, 3.63) is 23.7 Å². The normalized spacial score (nSPS) is 18.1. The molecule has 4 heteroatoms. The number of hydrogen-bond acceptors (Lipinski definition) is 3. The van der Waals surface area contributed by atoms with Crippen LogP contribution in [0, 0.1) is 6.92 Å². The number of nitrogens with zero attached hydrogens (tertiary/aromatic N) is 1. The molecule has 1 fully saturated rings. The first-order valence-electron chi connectivity index (χ1n) is 7.24. The van der Waals surface area contributed by atoms with Gasteiger partial charge < -0.3 is 9.32 Å². The van der Waals surface area contributed by atoms with Gasteiger partial charge in [0.15, 0.2) is 0 Å². The van der Waals surface area contributed by atoms with Crippen molar-refractivity contribution in [2.24, 2.45) is 0 Å². The fourth-order valence-corrected chi connectivity index (χ4v) is 2.46. The Morgan fingerprint density at radius 2 is 2.00 bits per heavy atom. The second-order valence-electron chi connectivity index (χ2n) is 5.35. The molecule has 0 aliphatic carbocycles. The fraction of sp³-hybridized carbons (Fsp3) is 0.667. The molecule has 19 heavy (non-hydrogen) atoms. The minimum Gasteiger partial charge on any atom is -0.465 e. The lowest BCUT2D eigenvalue weighted by Crippen LogP contribution is -2.39. The quantitative estimate of drug-likeness (QED) is 0.909. The maximum Gasteiger partial charge on any atom is 0.236 e. The van der Waals surface area contributed by atoms with Gasteiger partial charge in [-0.1, -0.05) is 12.8 Å². The van der Waals surface area contributed by atoms with E-state index in [4.69, 9.17) is 4.42 Å². The van der Waals surface area contributed by atoms with Crippen molar-refractivity contribution < 1.29 is 9.21 Å². The van der Waals surface area contributed by atoms with E-state index in [1.54, 1.807) is 0 Å². The molecule has 0 saturated carbocycles. The molecule has 0 radical (unpaired) electrons. The third-order valence-corrected chi connectivity index (χ3v) is 3.71. The van der Waals surface area contributed by atoms with Crippen LogP contribution in [0.1, 0.15) is 50.2 Å². The number of rotatable bonds is 4. The maximum atomic E-state index is 12.1. The predicted octanol–water partition coefficient (Wildman–Crippen LogP) is 2.64. The smallest absolute Gasteiger partial charge is 0.236 e. The molecule has 1 saturated heterocycles. The number of nitrogens with one attached hydrogen (secondary N) is 1. The molecule has 106 valence electrons. The number of aryl methyl sites for hydroxylation is 1. The van der Waals surface area contributed by atoms with Gasteiger partial charge >= 0.3 is 0 Å². The van der Waals surface area contributed by atoms with Crippen molar-refractivity contribution in [1.29, 1.82) is 0 Å². The Morgan fingerprint density at radius 1 is 1.32 bits per heavy atom. The van der Waals surface area contributed by atoms with Crippen molar-refractivity contribution in [2.75, 3.05) is 19.6 Å². The zero-order chi connectivity index (χ0) is 13.7. The molecule has 0 spiro atoms. The third-order valence-electron chi connectivity index (χ3n) is 3.71. The summed E-state index contributed by atoms with van der Waals surface area (Å²) in [5.74, 6) is 2.00. The molecule has 1 aromatic rings. The summed E-state index contributed by atoms with van der Waals surface area (Å²) < 4.78 is 5.56. The molecule has 1 N–H and O–H groups in total. The highest BCUT2D eigenvalue weighted by Gasteiger charge is 2.17. The minimum atomic E-state index is 0.0737. The molecule has 0 aromatic carbocycles. The summed E-state index contributed by atoms with van der Waals surface area (Å²) in [4.78, 5) is 14.1. The predicted molar refractivity (Wildman–Crippen MR) is 74.9 cm³/mol. The zero-order valence-corrected chi connectivity index (χ0v) is 11.9. The Bertz CT molecular complexity index is 406. The molecular weight excluding hydrogens is 240 g/mol. The molecule has 0 bridgehead atoms. The Balaban J connectivity index is 1.79. The second-order valence-corrected chi connectivity index (χ2v) is 5.35. The van der Waals surface area contributed by atoms with Gasteiger partial charge in [0.2, 0.25) is 5.91 Å². The van der Waals surface area contributed by atoms with E-state index >= 15 is 0 Å². The van der Waals surface area contributed by atoms with Gasteiger partial charge in [-0.15, -0.1) is 0 Å². The summed E-state index contributed by atoms with van der Waals surface area (Å²) in [6, 6.07) is 3.98. The van der Waals surface area contributed by atoms with Crippen molar-refractivity contribution in [2.45, 2.75) is 45.6 Å². The summed E-state index contributed by atoms with van der Waals surface area (Å²) in [6.45, 7) is 6.16. The summed E-state index contributed by atoms with van der Waals surface area (Å²) in [7, 11) is 0. The Kier molecular flexibility index (Phi) is 5.02. The van der Waals surface area contributed by atoms with Crippen LogP contribution in [-0.2, 0) is 4.79 Å². The van der Waals surface area contributed by atoms with Crippen LogP contribution in [0.4, 0.5) is 0 Å². The lowest BCUT2D eigenvalue weighted by Gasteiger charge is -2.21. The average molecular weight is 264 g/mol. The van der Waals surface area contributed by atoms with E-state index < -0.39 is 0 Å². The largest absolute Gasteiger partial charge is 0.465 e. The monoisotopic (exact) mass is 264 g/mol. The van der Waals surface area contributed by atoms with Crippen molar-refractivity contribution >= 4 is 5.91 Å². The number of carbonyl (C=O) groups is 1. The molecule has 1 atom stereocenters. The third kappa shape index (κ3) is 4.10. The summed E-state index contributed by atoms with van der Waals surface area (Å²) in [6.07, 6.45) is 4.77. The highest BCUT2D eigenvalue weighted by molar-refractivity contribution is 5.78. The van der Waals surface area contributed by atoms with E-state index in [1.807, 2.05) is 30.9 Å². The van der Waals surface area contributed by atoms with Gasteiger partial charge in [-0.2, -0.15) is 0 Å². The number of likely N-dealkylation sites (tertiary alicyclic amines) is 1. The SMILES string of the molecule is Cc1ccc(C(C)NCC(=O)N2CCCCCC2)o1. The van der Waals surface area contributed by atoms with Gasteiger partial charge in [0.05, 0.1) is 12.6 Å². The van der Waals surface area contributed by atoms with Crippen molar-refractivity contribution in [3.63, 3.8) is 0 Å². The zero-order valence-electron chi connectivity index (χ0n) is 11.9. The van der Waals surface area contributed by atoms with E-state index in [0.717, 1.165) is 37.5 Å². The lowest BCUT2D eigenvalue weighted by atomic mass is 10.2. The van der Waals surface area contributed by atoms with Crippen LogP contribution in [0.5, 0.6) is 0 Å². The molecule has 2 rings (SSSR count). The lowest BCUT2D eigenvalue weighted by molar-refractivity contribution is -0.130. The molecule has 1 amide bonds. The maximum absolute atomic E-state index is 12.1. The second kappa shape index (κ2) is 6.75. The fourth-order valence-electron chi connectivity index (χ4n) is 2.46. The van der Waals surface area contributed by atoms with Crippen LogP contribution in [0.15, 0.2) is 16.5 Å². The number of carbonyl (C=O) groups excluding carboxylic acids is 1. The first kappa shape index (κ1) is 14.1. The average Bonchev–Trinajstić information content (AvgIpc) is 2.68. The van der Waals surface area contributed by atoms with Gasteiger partial charge in [0, 0.05) is 13.1 Å². The highest BCUT2D eigenvalue weighted by Crippen LogP contribution is 2.15. The molecule has 1 unspecified atom stereocenters. The van der Waals surface area contributed by atoms with Gasteiger partial charge in [0.25, 0.3) is 0 Å². The molecule has 4 nitrogen and oxygen atoms in total. The Labute approximate surface area is 115 Å². The molecule has 2 heterocycles. The van der Waals surface area contributed by atoms with Crippen LogP contribution in [-0.4, -0.2) is 30.4 Å². The standard InChI is InChI=1S/C15H24N2O2/c1-12-7-8-14(19-12)13(2)16-11-15(18)17-9-5-3-4-6-10-17/h7-8,13,16H,3-6,9-11H2,1-2H3. The van der Waals surface area contributed by atoms with Crippen LogP contribution in [0.3, 0.4) is 0 Å².